The van der Waals surface area contributed by atoms with Gasteiger partial charge in [-0.15, -0.1) is 0 Å². The fourth-order valence-corrected chi connectivity index (χ4v) is 3.99. The number of nitrogens with one attached hydrogen (secondary N) is 1. The molecule has 2 aromatic carbocycles. The highest BCUT2D eigenvalue weighted by atomic mass is 16.5. The number of anilines is 1. The maximum atomic E-state index is 12.7. The maximum Gasteiger partial charge on any atom is 0.297 e. The first-order valence-electron chi connectivity index (χ1n) is 10.5. The summed E-state index contributed by atoms with van der Waals surface area (Å²) in [7, 11) is 0. The van der Waals surface area contributed by atoms with E-state index < -0.39 is 5.91 Å². The van der Waals surface area contributed by atoms with Gasteiger partial charge in [0.25, 0.3) is 17.4 Å². The Morgan fingerprint density at radius 3 is 2.31 bits per heavy atom. The highest BCUT2D eigenvalue weighted by Gasteiger charge is 2.19. The lowest BCUT2D eigenvalue weighted by atomic mass is 9.88. The summed E-state index contributed by atoms with van der Waals surface area (Å²) in [4.78, 5) is 17.4. The molecule has 2 heterocycles. The Labute approximate surface area is 186 Å². The number of aryl methyl sites for hydroxylation is 1. The highest BCUT2D eigenvalue weighted by molar-refractivity contribution is 6.01. The molecule has 0 aliphatic carbocycles. The molecule has 7 heteroatoms. The van der Waals surface area contributed by atoms with E-state index in [4.69, 9.17) is 4.42 Å². The smallest absolute Gasteiger partial charge is 0.297 e. The van der Waals surface area contributed by atoms with Crippen molar-refractivity contribution in [3.05, 3.63) is 86.0 Å². The van der Waals surface area contributed by atoms with Gasteiger partial charge in [0.1, 0.15) is 11.3 Å². The summed E-state index contributed by atoms with van der Waals surface area (Å²) >= 11 is 0. The molecule has 0 bridgehead atoms. The summed E-state index contributed by atoms with van der Waals surface area (Å²) < 4.78 is 5.82. The second-order valence-electron chi connectivity index (χ2n) is 8.30. The van der Waals surface area contributed by atoms with Crippen molar-refractivity contribution in [3.63, 3.8) is 0 Å². The SMILES string of the molecule is Cc1ccc2nc(NC(=O)c3ccc(Cc4c(C)c(C)c(C)c(C)c4C)o3)n[n+]([O-])c2c1. The fraction of sp³-hybridized carbons (Fsp3) is 0.280. The number of carbonyl (C=O) groups is 1. The van der Waals surface area contributed by atoms with Crippen molar-refractivity contribution < 1.29 is 14.1 Å². The van der Waals surface area contributed by atoms with Crippen LogP contribution in [0, 0.1) is 46.7 Å². The predicted molar refractivity (Wildman–Crippen MR) is 123 cm³/mol. The van der Waals surface area contributed by atoms with E-state index in [1.807, 2.05) is 13.0 Å². The number of hydrogen-bond acceptors (Lipinski definition) is 5. The van der Waals surface area contributed by atoms with E-state index in [-0.39, 0.29) is 11.7 Å². The van der Waals surface area contributed by atoms with E-state index in [2.05, 4.69) is 50.0 Å². The summed E-state index contributed by atoms with van der Waals surface area (Å²) in [6, 6.07) is 8.69. The molecule has 0 saturated carbocycles. The minimum Gasteiger partial charge on any atom is -0.594 e. The average Bonchev–Trinajstić information content (AvgIpc) is 3.23. The molecule has 0 spiro atoms. The Kier molecular flexibility index (Phi) is 5.42. The standard InChI is InChI=1S/C25H26N4O3/c1-13-7-9-21-22(11-13)29(31)28-25(26-21)27-24(30)23-10-8-19(32-23)12-20-17(5)15(3)14(2)16(4)18(20)6/h7-11H,12H2,1-6H3,(H,26,27,28,30). The quantitative estimate of drug-likeness (QED) is 0.379. The first-order chi connectivity index (χ1) is 15.2. The van der Waals surface area contributed by atoms with Gasteiger partial charge in [-0.3, -0.25) is 10.1 Å². The Balaban J connectivity index is 1.57. The van der Waals surface area contributed by atoms with E-state index in [1.165, 1.54) is 33.4 Å². The zero-order chi connectivity index (χ0) is 23.2. The molecule has 7 nitrogen and oxygen atoms in total. The maximum absolute atomic E-state index is 12.7. The third-order valence-corrected chi connectivity index (χ3v) is 6.37. The molecule has 1 amide bonds. The Morgan fingerprint density at radius 2 is 1.62 bits per heavy atom. The van der Waals surface area contributed by atoms with Gasteiger partial charge in [0, 0.05) is 12.5 Å². The van der Waals surface area contributed by atoms with Gasteiger partial charge >= 0.3 is 0 Å². The van der Waals surface area contributed by atoms with Crippen molar-refractivity contribution in [1.29, 1.82) is 0 Å². The van der Waals surface area contributed by atoms with E-state index in [0.29, 0.717) is 28.1 Å². The van der Waals surface area contributed by atoms with Gasteiger partial charge in [0.2, 0.25) is 0 Å². The predicted octanol–water partition coefficient (Wildman–Crippen LogP) is 4.55. The number of rotatable bonds is 4. The largest absolute Gasteiger partial charge is 0.594 e. The van der Waals surface area contributed by atoms with Crippen LogP contribution in [0.2, 0.25) is 0 Å². The van der Waals surface area contributed by atoms with Gasteiger partial charge in [0.15, 0.2) is 5.76 Å². The van der Waals surface area contributed by atoms with E-state index in [0.717, 1.165) is 5.56 Å². The first kappa shape index (κ1) is 21.5. The average molecular weight is 431 g/mol. The number of fused-ring (bicyclic) bond motifs is 1. The van der Waals surface area contributed by atoms with Crippen LogP contribution in [-0.2, 0) is 6.42 Å². The van der Waals surface area contributed by atoms with E-state index in [9.17, 15) is 10.0 Å². The Morgan fingerprint density at radius 1 is 0.969 bits per heavy atom. The molecule has 0 saturated heterocycles. The third-order valence-electron chi connectivity index (χ3n) is 6.37. The second kappa shape index (κ2) is 8.07. The van der Waals surface area contributed by atoms with Crippen LogP contribution in [0.25, 0.3) is 11.0 Å². The first-order valence-corrected chi connectivity index (χ1v) is 10.5. The molecule has 0 unspecified atom stereocenters. The fourth-order valence-electron chi connectivity index (χ4n) is 3.99. The van der Waals surface area contributed by atoms with Crippen LogP contribution in [0.1, 0.15) is 55.3 Å². The second-order valence-corrected chi connectivity index (χ2v) is 8.30. The third kappa shape index (κ3) is 3.82. The van der Waals surface area contributed by atoms with Gasteiger partial charge in [-0.2, -0.15) is 0 Å². The van der Waals surface area contributed by atoms with E-state index >= 15 is 0 Å². The van der Waals surface area contributed by atoms with Crippen LogP contribution >= 0.6 is 0 Å². The van der Waals surface area contributed by atoms with Crippen LogP contribution in [0.15, 0.2) is 34.7 Å². The summed E-state index contributed by atoms with van der Waals surface area (Å²) in [5, 5.41) is 18.6. The molecule has 32 heavy (non-hydrogen) atoms. The molecule has 0 fully saturated rings. The molecule has 0 atom stereocenters. The zero-order valence-corrected chi connectivity index (χ0v) is 19.2. The van der Waals surface area contributed by atoms with Gasteiger partial charge in [-0.25, -0.2) is 4.98 Å². The van der Waals surface area contributed by atoms with Gasteiger partial charge < -0.3 is 9.62 Å². The van der Waals surface area contributed by atoms with Gasteiger partial charge in [0.05, 0.1) is 5.10 Å². The molecule has 4 aromatic rings. The summed E-state index contributed by atoms with van der Waals surface area (Å²) in [6.45, 7) is 12.5. The molecular weight excluding hydrogens is 404 g/mol. The molecule has 0 aliphatic heterocycles. The van der Waals surface area contributed by atoms with Gasteiger partial charge in [-0.05, 0) is 104 Å². The molecule has 0 radical (unpaired) electrons. The lowest BCUT2D eigenvalue weighted by Crippen LogP contribution is -2.34. The topological polar surface area (TPSA) is 95.0 Å². The highest BCUT2D eigenvalue weighted by Crippen LogP contribution is 2.28. The normalized spacial score (nSPS) is 11.2. The zero-order valence-electron chi connectivity index (χ0n) is 19.2. The number of hydrogen-bond donors (Lipinski definition) is 1. The van der Waals surface area contributed by atoms with Gasteiger partial charge in [-0.1, -0.05) is 6.07 Å². The molecule has 2 aromatic heterocycles. The molecular formula is C25H26N4O3. The van der Waals surface area contributed by atoms with Crippen molar-refractivity contribution in [1.82, 2.24) is 10.1 Å². The molecule has 164 valence electrons. The minimum absolute atomic E-state index is 0.0734. The molecule has 1 N–H and O–H groups in total. The summed E-state index contributed by atoms with van der Waals surface area (Å²) in [6.07, 6.45) is 0.597. The number of aromatic nitrogens is 3. The van der Waals surface area contributed by atoms with E-state index in [1.54, 1.807) is 24.3 Å². The van der Waals surface area contributed by atoms with Crippen LogP contribution in [0.3, 0.4) is 0 Å². The van der Waals surface area contributed by atoms with Crippen molar-refractivity contribution in [2.75, 3.05) is 5.32 Å². The van der Waals surface area contributed by atoms with Crippen LogP contribution in [0.4, 0.5) is 5.95 Å². The number of amides is 1. The Hall–Kier alpha value is -3.74. The van der Waals surface area contributed by atoms with Crippen LogP contribution in [-0.4, -0.2) is 16.0 Å². The lowest BCUT2D eigenvalue weighted by Gasteiger charge is -2.18. The van der Waals surface area contributed by atoms with Crippen LogP contribution < -0.4 is 10.2 Å². The van der Waals surface area contributed by atoms with Crippen molar-refractivity contribution in [2.45, 2.75) is 48.0 Å². The molecule has 0 aliphatic rings. The Bertz CT molecular complexity index is 1340. The number of furan rings is 1. The number of benzene rings is 2. The lowest BCUT2D eigenvalue weighted by molar-refractivity contribution is -0.641. The number of nitrogens with zero attached hydrogens (tertiary/aromatic N) is 3. The minimum atomic E-state index is -0.507. The van der Waals surface area contributed by atoms with Crippen LogP contribution in [0.5, 0.6) is 0 Å². The number of carbonyl (C=O) groups excluding carboxylic acids is 1. The monoisotopic (exact) mass is 430 g/mol. The van der Waals surface area contributed by atoms with Crippen molar-refractivity contribution in [2.24, 2.45) is 0 Å². The van der Waals surface area contributed by atoms with Crippen molar-refractivity contribution in [3.8, 4) is 0 Å². The summed E-state index contributed by atoms with van der Waals surface area (Å²) in [5.41, 5.74) is 9.29. The van der Waals surface area contributed by atoms with Crippen molar-refractivity contribution >= 4 is 22.9 Å². The molecule has 4 rings (SSSR count). The summed E-state index contributed by atoms with van der Waals surface area (Å²) in [5.74, 6) is 0.252.